The minimum atomic E-state index is -1.16. The quantitative estimate of drug-likeness (QED) is 0.788. The summed E-state index contributed by atoms with van der Waals surface area (Å²) in [6.45, 7) is 1.81. The Morgan fingerprint density at radius 2 is 1.70 bits per heavy atom. The summed E-state index contributed by atoms with van der Waals surface area (Å²) in [4.78, 5) is 29.6. The van der Waals surface area contributed by atoms with Crippen molar-refractivity contribution in [2.75, 3.05) is 31.5 Å². The standard InChI is InChI=1S/C22H22FN3O3S/c23-16-4-1-14(2-5-16)19-24-17-6-3-15(13-18(17)30-19)20(27)25-9-11-26(12-10-25)21(28)22(29)7-8-22/h1-6,13,19,24,29H,7-12H2. The van der Waals surface area contributed by atoms with Crippen LogP contribution in [0.4, 0.5) is 10.1 Å². The van der Waals surface area contributed by atoms with E-state index >= 15 is 0 Å². The number of carbonyl (C=O) groups excluding carboxylic acids is 2. The monoisotopic (exact) mass is 427 g/mol. The molecule has 0 radical (unpaired) electrons. The van der Waals surface area contributed by atoms with Crippen molar-refractivity contribution in [1.82, 2.24) is 9.80 Å². The highest BCUT2D eigenvalue weighted by Gasteiger charge is 2.50. The van der Waals surface area contributed by atoms with Gasteiger partial charge in [0, 0.05) is 42.3 Å². The highest BCUT2D eigenvalue weighted by atomic mass is 32.2. The minimum Gasteiger partial charge on any atom is -0.380 e. The molecule has 8 heteroatoms. The molecule has 0 bridgehead atoms. The average molecular weight is 428 g/mol. The molecule has 6 nitrogen and oxygen atoms in total. The van der Waals surface area contributed by atoms with Gasteiger partial charge in [0.25, 0.3) is 11.8 Å². The minimum absolute atomic E-state index is 0.0197. The van der Waals surface area contributed by atoms with Crippen molar-refractivity contribution < 1.29 is 19.1 Å². The lowest BCUT2D eigenvalue weighted by Gasteiger charge is -2.35. The zero-order valence-corrected chi connectivity index (χ0v) is 17.1. The highest BCUT2D eigenvalue weighted by molar-refractivity contribution is 8.00. The Hall–Kier alpha value is -2.58. The van der Waals surface area contributed by atoms with Gasteiger partial charge in [-0.3, -0.25) is 9.59 Å². The molecule has 1 atom stereocenters. The summed E-state index contributed by atoms with van der Waals surface area (Å²) in [5, 5.41) is 13.4. The molecule has 2 fully saturated rings. The first-order valence-electron chi connectivity index (χ1n) is 10.1. The van der Waals surface area contributed by atoms with Crippen molar-refractivity contribution in [3.63, 3.8) is 0 Å². The third-order valence-corrected chi connectivity index (χ3v) is 7.13. The van der Waals surface area contributed by atoms with Crippen molar-refractivity contribution >= 4 is 29.3 Å². The number of halogens is 1. The van der Waals surface area contributed by atoms with Crippen LogP contribution in [0, 0.1) is 5.82 Å². The van der Waals surface area contributed by atoms with E-state index in [-0.39, 0.29) is 23.0 Å². The van der Waals surface area contributed by atoms with Crippen molar-refractivity contribution in [3.05, 3.63) is 59.4 Å². The number of aliphatic hydroxyl groups is 1. The number of benzene rings is 2. The molecule has 156 valence electrons. The lowest BCUT2D eigenvalue weighted by Crippen LogP contribution is -2.53. The predicted octanol–water partition coefficient (Wildman–Crippen LogP) is 2.85. The van der Waals surface area contributed by atoms with Gasteiger partial charge in [0.2, 0.25) is 0 Å². The summed E-state index contributed by atoms with van der Waals surface area (Å²) in [5.41, 5.74) is 1.39. The van der Waals surface area contributed by atoms with E-state index in [1.807, 2.05) is 18.2 Å². The van der Waals surface area contributed by atoms with Crippen LogP contribution in [0.1, 0.15) is 34.1 Å². The number of carbonyl (C=O) groups is 2. The summed E-state index contributed by atoms with van der Waals surface area (Å²) >= 11 is 1.60. The summed E-state index contributed by atoms with van der Waals surface area (Å²) in [7, 11) is 0. The third-order valence-electron chi connectivity index (χ3n) is 5.91. The first kappa shape index (κ1) is 19.4. The van der Waals surface area contributed by atoms with Gasteiger partial charge in [-0.25, -0.2) is 4.39 Å². The summed E-state index contributed by atoms with van der Waals surface area (Å²) < 4.78 is 13.2. The first-order chi connectivity index (χ1) is 14.4. The molecule has 1 unspecified atom stereocenters. The number of hydrogen-bond acceptors (Lipinski definition) is 5. The molecule has 2 heterocycles. The molecule has 0 aromatic heterocycles. The number of rotatable bonds is 3. The number of hydrogen-bond donors (Lipinski definition) is 2. The molecule has 0 spiro atoms. The van der Waals surface area contributed by atoms with Crippen molar-refractivity contribution in [1.29, 1.82) is 0 Å². The second kappa shape index (κ2) is 7.28. The highest BCUT2D eigenvalue weighted by Crippen LogP contribution is 2.46. The van der Waals surface area contributed by atoms with E-state index in [0.717, 1.165) is 16.1 Å². The van der Waals surface area contributed by atoms with Crippen LogP contribution in [-0.2, 0) is 4.79 Å². The molecule has 1 saturated heterocycles. The lowest BCUT2D eigenvalue weighted by molar-refractivity contribution is -0.143. The van der Waals surface area contributed by atoms with Crippen LogP contribution in [0.15, 0.2) is 47.4 Å². The predicted molar refractivity (Wildman–Crippen MR) is 112 cm³/mol. The Balaban J connectivity index is 1.23. The number of thioether (sulfide) groups is 1. The van der Waals surface area contributed by atoms with Crippen molar-refractivity contribution in [2.45, 2.75) is 28.7 Å². The van der Waals surface area contributed by atoms with Crippen LogP contribution < -0.4 is 5.32 Å². The first-order valence-corrected chi connectivity index (χ1v) is 10.9. The van der Waals surface area contributed by atoms with E-state index in [1.165, 1.54) is 12.1 Å². The number of anilines is 1. The maximum atomic E-state index is 13.2. The summed E-state index contributed by atoms with van der Waals surface area (Å²) in [6, 6.07) is 12.0. The molecular weight excluding hydrogens is 405 g/mol. The van der Waals surface area contributed by atoms with Gasteiger partial charge in [-0.1, -0.05) is 23.9 Å². The van der Waals surface area contributed by atoms with E-state index in [1.54, 1.807) is 33.7 Å². The van der Waals surface area contributed by atoms with Gasteiger partial charge in [-0.05, 0) is 48.7 Å². The Bertz CT molecular complexity index is 1000. The Morgan fingerprint density at radius 1 is 1.03 bits per heavy atom. The fraction of sp³-hybridized carbons (Fsp3) is 0.364. The summed E-state index contributed by atoms with van der Waals surface area (Å²) in [6.07, 6.45) is 1.06. The fourth-order valence-corrected chi connectivity index (χ4v) is 5.06. The van der Waals surface area contributed by atoms with Gasteiger partial charge < -0.3 is 20.2 Å². The van der Waals surface area contributed by atoms with Gasteiger partial charge in [-0.15, -0.1) is 0 Å². The Morgan fingerprint density at radius 3 is 2.37 bits per heavy atom. The van der Waals surface area contributed by atoms with E-state index in [4.69, 9.17) is 0 Å². The van der Waals surface area contributed by atoms with Crippen LogP contribution in [0.5, 0.6) is 0 Å². The zero-order chi connectivity index (χ0) is 20.9. The number of nitrogens with one attached hydrogen (secondary N) is 1. The second-order valence-electron chi connectivity index (χ2n) is 8.02. The molecule has 2 aromatic rings. The van der Waals surface area contributed by atoms with Crippen molar-refractivity contribution in [3.8, 4) is 0 Å². The average Bonchev–Trinajstić information content (AvgIpc) is 3.38. The van der Waals surface area contributed by atoms with E-state index in [9.17, 15) is 19.1 Å². The van der Waals surface area contributed by atoms with Crippen LogP contribution in [0.25, 0.3) is 0 Å². The summed E-state index contributed by atoms with van der Waals surface area (Å²) in [5.74, 6) is -0.525. The molecule has 1 aliphatic carbocycles. The fourth-order valence-electron chi connectivity index (χ4n) is 3.88. The molecule has 2 amide bonds. The van der Waals surface area contributed by atoms with Gasteiger partial charge in [-0.2, -0.15) is 0 Å². The van der Waals surface area contributed by atoms with Crippen molar-refractivity contribution in [2.24, 2.45) is 0 Å². The molecule has 2 N–H and O–H groups in total. The largest absolute Gasteiger partial charge is 0.380 e. The van der Waals surface area contributed by atoms with Gasteiger partial charge >= 0.3 is 0 Å². The van der Waals surface area contributed by atoms with E-state index in [0.29, 0.717) is 44.6 Å². The molecule has 3 aliphatic rings. The molecular formula is C22H22FN3O3S. The van der Waals surface area contributed by atoms with Crippen LogP contribution in [0.3, 0.4) is 0 Å². The second-order valence-corrected chi connectivity index (χ2v) is 9.17. The number of piperazine rings is 1. The zero-order valence-electron chi connectivity index (χ0n) is 16.3. The molecule has 2 aliphatic heterocycles. The molecule has 30 heavy (non-hydrogen) atoms. The van der Waals surface area contributed by atoms with Crippen LogP contribution in [-0.4, -0.2) is 58.5 Å². The molecule has 2 aromatic carbocycles. The maximum absolute atomic E-state index is 13.2. The molecule has 5 rings (SSSR count). The maximum Gasteiger partial charge on any atom is 0.254 e. The number of amides is 2. The van der Waals surface area contributed by atoms with Gasteiger partial charge in [0.15, 0.2) is 0 Å². The lowest BCUT2D eigenvalue weighted by atomic mass is 10.1. The Kier molecular flexibility index (Phi) is 4.71. The topological polar surface area (TPSA) is 72.9 Å². The normalized spacial score (nSPS) is 21.7. The van der Waals surface area contributed by atoms with Crippen LogP contribution >= 0.6 is 11.8 Å². The Labute approximate surface area is 178 Å². The SMILES string of the molecule is O=C(c1ccc2c(c1)SC(c1ccc(F)cc1)N2)N1CCN(C(=O)C2(O)CC2)CC1. The van der Waals surface area contributed by atoms with Gasteiger partial charge in [0.1, 0.15) is 16.8 Å². The van der Waals surface area contributed by atoms with Crippen LogP contribution in [0.2, 0.25) is 0 Å². The number of nitrogens with zero attached hydrogens (tertiary/aromatic N) is 2. The third kappa shape index (κ3) is 3.54. The molecule has 1 saturated carbocycles. The van der Waals surface area contributed by atoms with E-state index < -0.39 is 5.60 Å². The van der Waals surface area contributed by atoms with Gasteiger partial charge in [0.05, 0.1) is 0 Å². The smallest absolute Gasteiger partial charge is 0.254 e. The number of fused-ring (bicyclic) bond motifs is 1. The van der Waals surface area contributed by atoms with E-state index in [2.05, 4.69) is 5.32 Å².